The summed E-state index contributed by atoms with van der Waals surface area (Å²) in [5.74, 6) is 0.667. The summed E-state index contributed by atoms with van der Waals surface area (Å²) in [5.41, 5.74) is 0.559. The summed E-state index contributed by atoms with van der Waals surface area (Å²) in [7, 11) is 1.30. The molecule has 0 aliphatic rings. The maximum Gasteiger partial charge on any atom is 0.411 e. The molecule has 1 N–H and O–H groups in total. The minimum absolute atomic E-state index is 0.529. The second-order valence-corrected chi connectivity index (χ2v) is 2.89. The van der Waals surface area contributed by atoms with E-state index in [0.717, 1.165) is 0 Å². The summed E-state index contributed by atoms with van der Waals surface area (Å²) in [5, 5.41) is 9.83. The van der Waals surface area contributed by atoms with E-state index in [1.807, 2.05) is 0 Å². The fraction of sp³-hybridized carbons (Fsp3) is 0.111. The second-order valence-electron chi connectivity index (χ2n) is 2.89. The fourth-order valence-corrected chi connectivity index (χ4v) is 1.10. The number of ether oxygens (including phenoxy) is 1. The van der Waals surface area contributed by atoms with Gasteiger partial charge in [-0.3, -0.25) is 9.88 Å². The van der Waals surface area contributed by atoms with Crippen LogP contribution in [0, 0.1) is 0 Å². The maximum absolute atomic E-state index is 10.9. The molecule has 0 unspecified atom stereocenters. The lowest BCUT2D eigenvalue weighted by atomic mass is 10.4. The zero-order valence-electron chi connectivity index (χ0n) is 8.49. The third-order valence-electron chi connectivity index (χ3n) is 1.86. The standard InChI is InChI=1S/C9H9N5O2/c1-16-9(15)13-7-2-3-8(10-4-7)14-5-11-12-6-14/h2-6H,1H3,(H,13,15). The van der Waals surface area contributed by atoms with Crippen LogP contribution in [0.1, 0.15) is 0 Å². The Morgan fingerprint density at radius 3 is 2.69 bits per heavy atom. The minimum atomic E-state index is -0.529. The molecular formula is C9H9N5O2. The average molecular weight is 219 g/mol. The number of rotatable bonds is 2. The van der Waals surface area contributed by atoms with Gasteiger partial charge in [0.05, 0.1) is 19.0 Å². The molecule has 0 saturated carbocycles. The van der Waals surface area contributed by atoms with Crippen LogP contribution in [0.15, 0.2) is 31.0 Å². The van der Waals surface area contributed by atoms with Crippen LogP contribution in [-0.4, -0.2) is 33.0 Å². The zero-order chi connectivity index (χ0) is 11.4. The summed E-state index contributed by atoms with van der Waals surface area (Å²) >= 11 is 0. The van der Waals surface area contributed by atoms with Crippen molar-refractivity contribution < 1.29 is 9.53 Å². The Hall–Kier alpha value is -2.44. The molecule has 0 bridgehead atoms. The number of anilines is 1. The number of methoxy groups -OCH3 is 1. The van der Waals surface area contributed by atoms with Crippen molar-refractivity contribution in [2.45, 2.75) is 0 Å². The van der Waals surface area contributed by atoms with Crippen LogP contribution < -0.4 is 5.32 Å². The zero-order valence-corrected chi connectivity index (χ0v) is 8.49. The van der Waals surface area contributed by atoms with Crippen molar-refractivity contribution in [3.63, 3.8) is 0 Å². The molecule has 7 heteroatoms. The van der Waals surface area contributed by atoms with Crippen LogP contribution in [0.5, 0.6) is 0 Å². The van der Waals surface area contributed by atoms with Crippen molar-refractivity contribution in [1.29, 1.82) is 0 Å². The Bertz CT molecular complexity index is 465. The van der Waals surface area contributed by atoms with Crippen LogP contribution in [-0.2, 0) is 4.74 Å². The first-order valence-corrected chi connectivity index (χ1v) is 4.45. The van der Waals surface area contributed by atoms with E-state index in [1.54, 1.807) is 16.7 Å². The third-order valence-corrected chi connectivity index (χ3v) is 1.86. The Balaban J connectivity index is 2.14. The van der Waals surface area contributed by atoms with E-state index in [-0.39, 0.29) is 0 Å². The Morgan fingerprint density at radius 2 is 2.12 bits per heavy atom. The van der Waals surface area contributed by atoms with Gasteiger partial charge in [-0.15, -0.1) is 10.2 Å². The van der Waals surface area contributed by atoms with Crippen LogP contribution in [0.4, 0.5) is 10.5 Å². The van der Waals surface area contributed by atoms with Crippen molar-refractivity contribution in [2.24, 2.45) is 0 Å². The number of pyridine rings is 1. The highest BCUT2D eigenvalue weighted by Crippen LogP contribution is 2.08. The highest BCUT2D eigenvalue weighted by molar-refractivity contribution is 5.84. The molecule has 1 amide bonds. The number of carbonyl (C=O) groups excluding carboxylic acids is 1. The van der Waals surface area contributed by atoms with Gasteiger partial charge in [-0.05, 0) is 12.1 Å². The molecule has 0 fully saturated rings. The summed E-state index contributed by atoms with van der Waals surface area (Å²) in [4.78, 5) is 15.0. The second kappa shape index (κ2) is 4.39. The van der Waals surface area contributed by atoms with Crippen molar-refractivity contribution in [1.82, 2.24) is 19.7 Å². The van der Waals surface area contributed by atoms with Gasteiger partial charge in [0.25, 0.3) is 0 Å². The molecular weight excluding hydrogens is 210 g/mol. The summed E-state index contributed by atoms with van der Waals surface area (Å²) in [6.45, 7) is 0. The number of carbonyl (C=O) groups is 1. The van der Waals surface area contributed by atoms with E-state index < -0.39 is 6.09 Å². The molecule has 0 saturated heterocycles. The van der Waals surface area contributed by atoms with E-state index in [1.165, 1.54) is 26.0 Å². The van der Waals surface area contributed by atoms with Gasteiger partial charge in [0.15, 0.2) is 0 Å². The van der Waals surface area contributed by atoms with Gasteiger partial charge in [-0.1, -0.05) is 0 Å². The van der Waals surface area contributed by atoms with Gasteiger partial charge >= 0.3 is 6.09 Å². The molecule has 7 nitrogen and oxygen atoms in total. The smallest absolute Gasteiger partial charge is 0.411 e. The van der Waals surface area contributed by atoms with Gasteiger partial charge in [0, 0.05) is 0 Å². The topological polar surface area (TPSA) is 81.9 Å². The van der Waals surface area contributed by atoms with Gasteiger partial charge in [0.1, 0.15) is 18.5 Å². The van der Waals surface area contributed by atoms with Crippen molar-refractivity contribution >= 4 is 11.8 Å². The number of amides is 1. The van der Waals surface area contributed by atoms with E-state index in [2.05, 4.69) is 25.2 Å². The molecule has 2 rings (SSSR count). The summed E-state index contributed by atoms with van der Waals surface area (Å²) in [6.07, 6.45) is 4.07. The quantitative estimate of drug-likeness (QED) is 0.809. The van der Waals surface area contributed by atoms with E-state index >= 15 is 0 Å². The lowest BCUT2D eigenvalue weighted by molar-refractivity contribution is 0.187. The van der Waals surface area contributed by atoms with Crippen molar-refractivity contribution in [3.05, 3.63) is 31.0 Å². The number of nitrogens with one attached hydrogen (secondary N) is 1. The predicted molar refractivity (Wildman–Crippen MR) is 55.2 cm³/mol. The van der Waals surface area contributed by atoms with Crippen LogP contribution in [0.25, 0.3) is 5.82 Å². The fourth-order valence-electron chi connectivity index (χ4n) is 1.10. The lowest BCUT2D eigenvalue weighted by Gasteiger charge is -2.04. The van der Waals surface area contributed by atoms with Crippen LogP contribution in [0.3, 0.4) is 0 Å². The van der Waals surface area contributed by atoms with E-state index in [9.17, 15) is 4.79 Å². The average Bonchev–Trinajstić information content (AvgIpc) is 2.83. The molecule has 0 atom stereocenters. The molecule has 82 valence electrons. The molecule has 0 radical (unpaired) electrons. The molecule has 2 heterocycles. The first kappa shape index (κ1) is 10.1. The predicted octanol–water partition coefficient (Wildman–Crippen LogP) is 0.841. The molecule has 16 heavy (non-hydrogen) atoms. The van der Waals surface area contributed by atoms with Crippen LogP contribution >= 0.6 is 0 Å². The molecule has 0 aromatic carbocycles. The van der Waals surface area contributed by atoms with Gasteiger partial charge in [-0.25, -0.2) is 9.78 Å². The SMILES string of the molecule is COC(=O)Nc1ccc(-n2cnnc2)nc1. The van der Waals surface area contributed by atoms with E-state index in [4.69, 9.17) is 0 Å². The molecule has 0 spiro atoms. The Morgan fingerprint density at radius 1 is 1.38 bits per heavy atom. The number of aromatic nitrogens is 4. The molecule has 0 aliphatic heterocycles. The maximum atomic E-state index is 10.9. The van der Waals surface area contributed by atoms with Gasteiger partial charge in [0.2, 0.25) is 0 Å². The highest BCUT2D eigenvalue weighted by Gasteiger charge is 2.02. The van der Waals surface area contributed by atoms with Crippen molar-refractivity contribution in [3.8, 4) is 5.82 Å². The Labute approximate surface area is 91.1 Å². The van der Waals surface area contributed by atoms with Crippen molar-refractivity contribution in [2.75, 3.05) is 12.4 Å². The number of hydrogen-bond acceptors (Lipinski definition) is 5. The van der Waals surface area contributed by atoms with Gasteiger partial charge < -0.3 is 4.74 Å². The lowest BCUT2D eigenvalue weighted by Crippen LogP contribution is -2.11. The van der Waals surface area contributed by atoms with Crippen LogP contribution in [0.2, 0.25) is 0 Å². The number of nitrogens with zero attached hydrogens (tertiary/aromatic N) is 4. The first-order chi connectivity index (χ1) is 7.79. The highest BCUT2D eigenvalue weighted by atomic mass is 16.5. The molecule has 2 aromatic heterocycles. The largest absolute Gasteiger partial charge is 0.453 e. The molecule has 2 aromatic rings. The minimum Gasteiger partial charge on any atom is -0.453 e. The van der Waals surface area contributed by atoms with Gasteiger partial charge in [-0.2, -0.15) is 0 Å². The molecule has 0 aliphatic carbocycles. The van der Waals surface area contributed by atoms with E-state index in [0.29, 0.717) is 11.5 Å². The first-order valence-electron chi connectivity index (χ1n) is 4.45. The monoisotopic (exact) mass is 219 g/mol. The normalized spacial score (nSPS) is 9.81. The summed E-state index contributed by atoms with van der Waals surface area (Å²) in [6, 6.07) is 3.44. The summed E-state index contributed by atoms with van der Waals surface area (Å²) < 4.78 is 6.11. The third kappa shape index (κ3) is 2.14. The number of hydrogen-bond donors (Lipinski definition) is 1. The Kier molecular flexibility index (Phi) is 2.77.